The number of aliphatic imine (C=N–C) groups is 2. The zero-order chi connectivity index (χ0) is 23.4. The first kappa shape index (κ1) is 20.8. The van der Waals surface area contributed by atoms with Gasteiger partial charge in [-0.2, -0.15) is 10.8 Å². The van der Waals surface area contributed by atoms with Crippen molar-refractivity contribution >= 4 is 23.0 Å². The molecule has 1 unspecified atom stereocenters. The van der Waals surface area contributed by atoms with E-state index in [2.05, 4.69) is 33.1 Å². The van der Waals surface area contributed by atoms with Gasteiger partial charge in [0.05, 0.1) is 23.5 Å². The predicted octanol–water partition coefficient (Wildman–Crippen LogP) is 4.25. The second-order valence-electron chi connectivity index (χ2n) is 10.1. The van der Waals surface area contributed by atoms with Crippen molar-refractivity contribution in [1.82, 2.24) is 14.9 Å². The summed E-state index contributed by atoms with van der Waals surface area (Å²) in [5.74, 6) is 9.73. The highest BCUT2D eigenvalue weighted by Gasteiger charge is 2.48. The van der Waals surface area contributed by atoms with Gasteiger partial charge in [-0.05, 0) is 50.4 Å². The summed E-state index contributed by atoms with van der Waals surface area (Å²) < 4.78 is 0.0637. The van der Waals surface area contributed by atoms with Gasteiger partial charge >= 0.3 is 0 Å². The SMILES string of the molecule is N[N+]12C=CN=CC1=C(C1CC(CN3CCC3)C1)N=C2c1ccc2cnc(-c3ccccc3)nc2c1. The lowest BCUT2D eigenvalue weighted by atomic mass is 9.72. The van der Waals surface area contributed by atoms with Crippen molar-refractivity contribution in [2.75, 3.05) is 19.6 Å². The fourth-order valence-corrected chi connectivity index (χ4v) is 5.63. The van der Waals surface area contributed by atoms with Crippen molar-refractivity contribution in [2.45, 2.75) is 19.3 Å². The molecule has 1 atom stereocenters. The van der Waals surface area contributed by atoms with Crippen molar-refractivity contribution in [3.63, 3.8) is 0 Å². The molecule has 1 aliphatic carbocycles. The van der Waals surface area contributed by atoms with Crippen LogP contribution in [0.2, 0.25) is 0 Å². The first-order valence-electron chi connectivity index (χ1n) is 12.4. The lowest BCUT2D eigenvalue weighted by Crippen LogP contribution is -2.53. The second kappa shape index (κ2) is 8.02. The van der Waals surface area contributed by atoms with Crippen LogP contribution in [0.25, 0.3) is 22.3 Å². The van der Waals surface area contributed by atoms with Crippen LogP contribution in [0, 0.1) is 11.8 Å². The van der Waals surface area contributed by atoms with E-state index in [1.165, 1.54) is 38.9 Å². The van der Waals surface area contributed by atoms with Crippen molar-refractivity contribution in [1.29, 1.82) is 0 Å². The Hall–Kier alpha value is -3.52. The van der Waals surface area contributed by atoms with E-state index >= 15 is 0 Å². The minimum absolute atomic E-state index is 0.0637. The summed E-state index contributed by atoms with van der Waals surface area (Å²) in [5.41, 5.74) is 4.94. The van der Waals surface area contributed by atoms with Gasteiger partial charge in [-0.1, -0.05) is 36.4 Å². The van der Waals surface area contributed by atoms with E-state index in [0.717, 1.165) is 45.2 Å². The van der Waals surface area contributed by atoms with E-state index in [9.17, 15) is 0 Å². The minimum atomic E-state index is 0.0637. The Kier molecular flexibility index (Phi) is 4.77. The molecule has 1 saturated heterocycles. The number of nitrogens with zero attached hydrogens (tertiary/aromatic N) is 6. The average Bonchev–Trinajstić information content (AvgIpc) is 3.14. The van der Waals surface area contributed by atoms with Crippen LogP contribution in [0.1, 0.15) is 24.8 Å². The standard InChI is InChI=1S/C28H28N7/c29-35-12-9-30-17-25(35)26(23-13-19(14-23)18-34-10-4-11-34)33-28(35)21-7-8-22-16-31-27(32-24(22)15-21)20-5-2-1-3-6-20/h1-3,5-9,12,15-17,19,23H,4,10-11,13-14,18,29H2/q+1. The van der Waals surface area contributed by atoms with Crippen LogP contribution < -0.4 is 5.84 Å². The fourth-order valence-electron chi connectivity index (χ4n) is 5.63. The zero-order valence-electron chi connectivity index (χ0n) is 19.6. The summed E-state index contributed by atoms with van der Waals surface area (Å²) in [5, 5.41) is 0.993. The Labute approximate surface area is 204 Å². The second-order valence-corrected chi connectivity index (χ2v) is 10.1. The third-order valence-corrected chi connectivity index (χ3v) is 7.78. The third kappa shape index (κ3) is 3.46. The third-order valence-electron chi connectivity index (χ3n) is 7.78. The molecule has 7 rings (SSSR count). The van der Waals surface area contributed by atoms with E-state index in [1.54, 1.807) is 6.20 Å². The van der Waals surface area contributed by atoms with Gasteiger partial charge in [0.25, 0.3) is 5.84 Å². The number of benzene rings is 2. The highest BCUT2D eigenvalue weighted by atomic mass is 15.6. The molecule has 3 aromatic rings. The Morgan fingerprint density at radius 3 is 2.69 bits per heavy atom. The highest BCUT2D eigenvalue weighted by Crippen LogP contribution is 2.45. The van der Waals surface area contributed by atoms with Crippen LogP contribution >= 0.6 is 0 Å². The molecule has 0 bridgehead atoms. The van der Waals surface area contributed by atoms with Crippen LogP contribution in [-0.2, 0) is 0 Å². The number of nitrogens with two attached hydrogens (primary N) is 1. The summed E-state index contributed by atoms with van der Waals surface area (Å²) in [7, 11) is 0. The predicted molar refractivity (Wildman–Crippen MR) is 138 cm³/mol. The molecular weight excluding hydrogens is 434 g/mol. The molecule has 2 aromatic carbocycles. The minimum Gasteiger partial charge on any atom is -0.303 e. The number of hydrogen-bond donors (Lipinski definition) is 1. The lowest BCUT2D eigenvalue weighted by Gasteiger charge is -2.41. The molecule has 4 aliphatic rings. The molecule has 1 saturated carbocycles. The smallest absolute Gasteiger partial charge is 0.264 e. The first-order chi connectivity index (χ1) is 17.2. The van der Waals surface area contributed by atoms with Crippen molar-refractivity contribution in [3.05, 3.63) is 84.1 Å². The van der Waals surface area contributed by atoms with Crippen molar-refractivity contribution in [2.24, 2.45) is 27.7 Å². The first-order valence-corrected chi connectivity index (χ1v) is 12.4. The molecule has 2 fully saturated rings. The Morgan fingerprint density at radius 2 is 1.89 bits per heavy atom. The molecule has 174 valence electrons. The number of fused-ring (bicyclic) bond motifs is 2. The molecule has 0 spiro atoms. The molecule has 2 N–H and O–H groups in total. The maximum Gasteiger partial charge on any atom is 0.264 e. The molecule has 4 heterocycles. The van der Waals surface area contributed by atoms with Crippen molar-refractivity contribution < 1.29 is 4.59 Å². The summed E-state index contributed by atoms with van der Waals surface area (Å²) >= 11 is 0. The zero-order valence-corrected chi connectivity index (χ0v) is 19.6. The van der Waals surface area contributed by atoms with Gasteiger partial charge in [0, 0.05) is 29.6 Å². The van der Waals surface area contributed by atoms with Crippen LogP contribution in [0.15, 0.2) is 88.5 Å². The van der Waals surface area contributed by atoms with E-state index in [1.807, 2.05) is 48.9 Å². The molecule has 35 heavy (non-hydrogen) atoms. The molecular formula is C28H28N7+. The van der Waals surface area contributed by atoms with Gasteiger partial charge in [-0.15, -0.1) is 4.59 Å². The monoisotopic (exact) mass is 462 g/mol. The number of hydrogen-bond acceptors (Lipinski definition) is 6. The average molecular weight is 463 g/mol. The molecule has 0 amide bonds. The van der Waals surface area contributed by atoms with Gasteiger partial charge in [0.1, 0.15) is 11.9 Å². The van der Waals surface area contributed by atoms with E-state index in [0.29, 0.717) is 11.7 Å². The van der Waals surface area contributed by atoms with Gasteiger partial charge in [-0.3, -0.25) is 4.99 Å². The summed E-state index contributed by atoms with van der Waals surface area (Å²) in [6.45, 7) is 3.74. The van der Waals surface area contributed by atoms with Crippen molar-refractivity contribution in [3.8, 4) is 11.4 Å². The number of aromatic nitrogens is 2. The molecule has 7 heteroatoms. The maximum absolute atomic E-state index is 6.99. The lowest BCUT2D eigenvalue weighted by molar-refractivity contribution is -0.750. The summed E-state index contributed by atoms with van der Waals surface area (Å²) in [6, 6.07) is 16.3. The Morgan fingerprint density at radius 1 is 1.03 bits per heavy atom. The van der Waals surface area contributed by atoms with Crippen LogP contribution in [0.5, 0.6) is 0 Å². The largest absolute Gasteiger partial charge is 0.303 e. The number of likely N-dealkylation sites (tertiary alicyclic amines) is 1. The van der Waals surface area contributed by atoms with Gasteiger partial charge in [-0.25, -0.2) is 9.97 Å². The highest BCUT2D eigenvalue weighted by molar-refractivity contribution is 6.02. The molecule has 0 radical (unpaired) electrons. The Bertz CT molecular complexity index is 1430. The van der Waals surface area contributed by atoms with Crippen LogP contribution in [0.3, 0.4) is 0 Å². The molecule has 1 aromatic heterocycles. The number of rotatable bonds is 5. The molecule has 7 nitrogen and oxygen atoms in total. The summed E-state index contributed by atoms with van der Waals surface area (Å²) in [6.07, 6.45) is 11.2. The van der Waals surface area contributed by atoms with Gasteiger partial charge in [0.2, 0.25) is 5.70 Å². The number of allylic oxidation sites excluding steroid dienone is 2. The number of amidine groups is 1. The van der Waals surface area contributed by atoms with E-state index < -0.39 is 0 Å². The quantitative estimate of drug-likeness (QED) is 0.454. The Balaban J connectivity index is 1.22. The van der Waals surface area contributed by atoms with E-state index in [-0.39, 0.29) is 4.59 Å². The summed E-state index contributed by atoms with van der Waals surface area (Å²) in [4.78, 5) is 21.6. The van der Waals surface area contributed by atoms with Gasteiger partial charge in [0.15, 0.2) is 5.82 Å². The van der Waals surface area contributed by atoms with Gasteiger partial charge < -0.3 is 4.90 Å². The normalized spacial score (nSPS) is 27.5. The number of quaternary nitrogens is 1. The fraction of sp³-hybridized carbons (Fsp3) is 0.286. The molecule has 3 aliphatic heterocycles. The topological polar surface area (TPSA) is 79.8 Å². The maximum atomic E-state index is 6.99. The van der Waals surface area contributed by atoms with E-state index in [4.69, 9.17) is 15.8 Å². The van der Waals surface area contributed by atoms with Crippen LogP contribution in [-0.4, -0.2) is 51.1 Å². The van der Waals surface area contributed by atoms with Crippen LogP contribution in [0.4, 0.5) is 0 Å².